The summed E-state index contributed by atoms with van der Waals surface area (Å²) < 4.78 is 3.83. The maximum atomic E-state index is 4.01. The lowest BCUT2D eigenvalue weighted by atomic mass is 10.4. The number of anilines is 1. The summed E-state index contributed by atoms with van der Waals surface area (Å²) in [5.41, 5.74) is 0. The van der Waals surface area contributed by atoms with Gasteiger partial charge in [0, 0.05) is 26.2 Å². The lowest BCUT2D eigenvalue weighted by Gasteiger charge is -2.26. The Morgan fingerprint density at radius 2 is 2.27 bits per heavy atom. The molecule has 2 heterocycles. The Balaban J connectivity index is 2.04. The second kappa shape index (κ2) is 3.15. The molecule has 0 aliphatic carbocycles. The van der Waals surface area contributed by atoms with Gasteiger partial charge < -0.3 is 10.2 Å². The molecule has 2 rings (SSSR count). The van der Waals surface area contributed by atoms with Gasteiger partial charge in [0.05, 0.1) is 5.38 Å². The van der Waals surface area contributed by atoms with E-state index in [0.29, 0.717) is 0 Å². The molecule has 0 atom stereocenters. The third-order valence-corrected chi connectivity index (χ3v) is 2.28. The Morgan fingerprint density at radius 3 is 2.91 bits per heavy atom. The van der Waals surface area contributed by atoms with E-state index in [4.69, 9.17) is 0 Å². The van der Waals surface area contributed by atoms with Crippen LogP contribution >= 0.6 is 11.5 Å². The van der Waals surface area contributed by atoms with Crippen LogP contribution in [0.5, 0.6) is 0 Å². The van der Waals surface area contributed by atoms with Crippen LogP contribution in [-0.4, -0.2) is 35.8 Å². The fourth-order valence-corrected chi connectivity index (χ4v) is 1.66. The molecule has 5 heteroatoms. The van der Waals surface area contributed by atoms with E-state index in [9.17, 15) is 0 Å². The highest BCUT2D eigenvalue weighted by molar-refractivity contribution is 7.03. The number of piperazine rings is 1. The number of rotatable bonds is 1. The molecule has 0 aromatic carbocycles. The van der Waals surface area contributed by atoms with Gasteiger partial charge >= 0.3 is 0 Å². The summed E-state index contributed by atoms with van der Waals surface area (Å²) in [6.45, 7) is 4.20. The summed E-state index contributed by atoms with van der Waals surface area (Å²) in [5.74, 6) is 1.02. The summed E-state index contributed by atoms with van der Waals surface area (Å²) in [6.07, 6.45) is 0. The predicted octanol–water partition coefficient (Wildman–Crippen LogP) is -0.0523. The monoisotopic (exact) mass is 170 g/mol. The average Bonchev–Trinajstić information content (AvgIpc) is 2.58. The predicted molar refractivity (Wildman–Crippen MR) is 45.0 cm³/mol. The highest BCUT2D eigenvalue weighted by Crippen LogP contribution is 2.11. The highest BCUT2D eigenvalue weighted by Gasteiger charge is 2.11. The van der Waals surface area contributed by atoms with Crippen LogP contribution in [0.4, 0.5) is 5.82 Å². The molecule has 1 fully saturated rings. The van der Waals surface area contributed by atoms with Crippen molar-refractivity contribution < 1.29 is 0 Å². The Morgan fingerprint density at radius 1 is 1.45 bits per heavy atom. The number of aromatic nitrogens is 2. The molecule has 1 N–H and O–H groups in total. The highest BCUT2D eigenvalue weighted by atomic mass is 32.1. The quantitative estimate of drug-likeness (QED) is 0.641. The van der Waals surface area contributed by atoms with Crippen LogP contribution in [0, 0.1) is 0 Å². The zero-order valence-corrected chi connectivity index (χ0v) is 6.97. The van der Waals surface area contributed by atoms with Crippen LogP contribution in [-0.2, 0) is 0 Å². The van der Waals surface area contributed by atoms with Crippen LogP contribution in [0.15, 0.2) is 5.38 Å². The molecule has 4 nitrogen and oxygen atoms in total. The molecule has 1 aromatic rings. The minimum Gasteiger partial charge on any atom is -0.352 e. The number of nitrogens with zero attached hydrogens (tertiary/aromatic N) is 3. The standard InChI is InChI=1S/C6H10N4S/c1-3-10(4-2-7-1)6-5-11-9-8-6/h5,7H,1-4H2. The number of nitrogens with one attached hydrogen (secondary N) is 1. The normalized spacial score (nSPS) is 18.7. The van der Waals surface area contributed by atoms with Crippen molar-refractivity contribution in [1.82, 2.24) is 14.9 Å². The maximum absolute atomic E-state index is 4.01. The van der Waals surface area contributed by atoms with Gasteiger partial charge in [-0.05, 0) is 11.5 Å². The molecular formula is C6H10N4S. The van der Waals surface area contributed by atoms with E-state index in [1.54, 1.807) is 0 Å². The molecule has 1 saturated heterocycles. The van der Waals surface area contributed by atoms with Gasteiger partial charge in [0.1, 0.15) is 0 Å². The van der Waals surface area contributed by atoms with E-state index < -0.39 is 0 Å². The van der Waals surface area contributed by atoms with E-state index in [-0.39, 0.29) is 0 Å². The Bertz CT molecular complexity index is 204. The maximum Gasteiger partial charge on any atom is 0.163 e. The van der Waals surface area contributed by atoms with E-state index in [2.05, 4.69) is 19.8 Å². The third-order valence-electron chi connectivity index (χ3n) is 1.79. The molecule has 1 aromatic heterocycles. The van der Waals surface area contributed by atoms with Crippen LogP contribution < -0.4 is 10.2 Å². The second-order valence-electron chi connectivity index (χ2n) is 2.50. The van der Waals surface area contributed by atoms with Crippen molar-refractivity contribution in [1.29, 1.82) is 0 Å². The molecule has 0 spiro atoms. The van der Waals surface area contributed by atoms with Gasteiger partial charge in [0.15, 0.2) is 5.82 Å². The molecular weight excluding hydrogens is 160 g/mol. The van der Waals surface area contributed by atoms with Crippen molar-refractivity contribution in [3.05, 3.63) is 5.38 Å². The number of hydrogen-bond acceptors (Lipinski definition) is 5. The summed E-state index contributed by atoms with van der Waals surface area (Å²) in [5, 5.41) is 9.29. The first-order chi connectivity index (χ1) is 5.47. The minimum absolute atomic E-state index is 1.02. The van der Waals surface area contributed by atoms with Gasteiger partial charge in [0.25, 0.3) is 0 Å². The first kappa shape index (κ1) is 7.00. The van der Waals surface area contributed by atoms with Crippen LogP contribution in [0.3, 0.4) is 0 Å². The Kier molecular flexibility index (Phi) is 2.00. The van der Waals surface area contributed by atoms with Gasteiger partial charge in [-0.2, -0.15) is 0 Å². The van der Waals surface area contributed by atoms with Crippen LogP contribution in [0.2, 0.25) is 0 Å². The molecule has 0 amide bonds. The first-order valence-electron chi connectivity index (χ1n) is 3.69. The molecule has 0 bridgehead atoms. The fourth-order valence-electron chi connectivity index (χ4n) is 1.19. The van der Waals surface area contributed by atoms with Gasteiger partial charge in [0.2, 0.25) is 0 Å². The molecule has 0 radical (unpaired) electrons. The van der Waals surface area contributed by atoms with Crippen LogP contribution in [0.1, 0.15) is 0 Å². The van der Waals surface area contributed by atoms with Crippen molar-refractivity contribution in [2.24, 2.45) is 0 Å². The first-order valence-corrected chi connectivity index (χ1v) is 4.53. The summed E-state index contributed by atoms with van der Waals surface area (Å²) >= 11 is 1.41. The van der Waals surface area contributed by atoms with Crippen molar-refractivity contribution in [2.45, 2.75) is 0 Å². The van der Waals surface area contributed by atoms with Gasteiger partial charge in [-0.1, -0.05) is 4.49 Å². The third kappa shape index (κ3) is 1.49. The van der Waals surface area contributed by atoms with Crippen molar-refractivity contribution in [2.75, 3.05) is 31.1 Å². The molecule has 1 aliphatic rings. The van der Waals surface area contributed by atoms with Crippen molar-refractivity contribution >= 4 is 17.4 Å². The van der Waals surface area contributed by atoms with E-state index in [1.165, 1.54) is 11.5 Å². The average molecular weight is 170 g/mol. The fraction of sp³-hybridized carbons (Fsp3) is 0.667. The van der Waals surface area contributed by atoms with E-state index in [0.717, 1.165) is 32.0 Å². The lowest BCUT2D eigenvalue weighted by Crippen LogP contribution is -2.43. The molecule has 11 heavy (non-hydrogen) atoms. The van der Waals surface area contributed by atoms with Gasteiger partial charge in [-0.25, -0.2) is 0 Å². The van der Waals surface area contributed by atoms with Gasteiger partial charge in [-0.15, -0.1) is 5.10 Å². The molecule has 60 valence electrons. The van der Waals surface area contributed by atoms with E-state index >= 15 is 0 Å². The lowest BCUT2D eigenvalue weighted by molar-refractivity contribution is 0.584. The summed E-state index contributed by atoms with van der Waals surface area (Å²) in [6, 6.07) is 0. The SMILES string of the molecule is c1snnc1N1CCNCC1. The minimum atomic E-state index is 1.02. The van der Waals surface area contributed by atoms with Gasteiger partial charge in [-0.3, -0.25) is 0 Å². The number of hydrogen-bond donors (Lipinski definition) is 1. The molecule has 0 unspecified atom stereocenters. The zero-order valence-electron chi connectivity index (χ0n) is 6.16. The zero-order chi connectivity index (χ0) is 7.52. The largest absolute Gasteiger partial charge is 0.352 e. The second-order valence-corrected chi connectivity index (χ2v) is 3.11. The Labute approximate surface area is 69.4 Å². The molecule has 0 saturated carbocycles. The van der Waals surface area contributed by atoms with Crippen molar-refractivity contribution in [3.63, 3.8) is 0 Å². The molecule has 1 aliphatic heterocycles. The Hall–Kier alpha value is -0.680. The summed E-state index contributed by atoms with van der Waals surface area (Å²) in [4.78, 5) is 2.25. The topological polar surface area (TPSA) is 41.1 Å². The van der Waals surface area contributed by atoms with Crippen LogP contribution in [0.25, 0.3) is 0 Å². The van der Waals surface area contributed by atoms with Crippen molar-refractivity contribution in [3.8, 4) is 0 Å². The smallest absolute Gasteiger partial charge is 0.163 e. The van der Waals surface area contributed by atoms with E-state index in [1.807, 2.05) is 5.38 Å². The summed E-state index contributed by atoms with van der Waals surface area (Å²) in [7, 11) is 0.